The quantitative estimate of drug-likeness (QED) is 0.852. The number of halogens is 2. The van der Waals surface area contributed by atoms with Crippen LogP contribution >= 0.6 is 11.6 Å². The molecule has 2 aromatic carbocycles. The van der Waals surface area contributed by atoms with Gasteiger partial charge in [-0.05, 0) is 48.7 Å². The van der Waals surface area contributed by atoms with Crippen molar-refractivity contribution in [3.05, 3.63) is 70.0 Å². The van der Waals surface area contributed by atoms with Crippen LogP contribution in [0.2, 0.25) is 5.02 Å². The summed E-state index contributed by atoms with van der Waals surface area (Å²) in [4.78, 5) is 0. The summed E-state index contributed by atoms with van der Waals surface area (Å²) in [6.07, 6.45) is 1.58. The van der Waals surface area contributed by atoms with E-state index in [1.807, 2.05) is 19.2 Å². The maximum absolute atomic E-state index is 13.9. The van der Waals surface area contributed by atoms with E-state index < -0.39 is 0 Å². The van der Waals surface area contributed by atoms with Gasteiger partial charge in [-0.1, -0.05) is 48.9 Å². The molecule has 0 aromatic heterocycles. The van der Waals surface area contributed by atoms with Crippen LogP contribution in [0, 0.1) is 5.82 Å². The van der Waals surface area contributed by atoms with Crippen LogP contribution in [-0.2, 0) is 12.8 Å². The van der Waals surface area contributed by atoms with Gasteiger partial charge in [-0.2, -0.15) is 0 Å². The Morgan fingerprint density at radius 3 is 2.55 bits per heavy atom. The highest BCUT2D eigenvalue weighted by Crippen LogP contribution is 2.24. The van der Waals surface area contributed by atoms with Gasteiger partial charge >= 0.3 is 0 Å². The van der Waals surface area contributed by atoms with Gasteiger partial charge in [-0.25, -0.2) is 4.39 Å². The van der Waals surface area contributed by atoms with Gasteiger partial charge in [0.1, 0.15) is 5.82 Å². The predicted octanol–water partition coefficient (Wildman–Crippen LogP) is 4.54. The van der Waals surface area contributed by atoms with Crippen LogP contribution in [0.25, 0.3) is 0 Å². The van der Waals surface area contributed by atoms with Crippen molar-refractivity contribution in [2.24, 2.45) is 0 Å². The van der Waals surface area contributed by atoms with Gasteiger partial charge in [0.2, 0.25) is 0 Å². The van der Waals surface area contributed by atoms with Crippen molar-refractivity contribution in [3.8, 4) is 0 Å². The molecule has 0 fully saturated rings. The molecule has 0 aliphatic rings. The molecule has 2 aromatic rings. The smallest absolute Gasteiger partial charge is 0.127 e. The Hall–Kier alpha value is -1.38. The summed E-state index contributed by atoms with van der Waals surface area (Å²) in [5.74, 6) is -0.244. The molecule has 3 heteroatoms. The third-order valence-electron chi connectivity index (χ3n) is 3.60. The molecule has 0 bridgehead atoms. The molecular formula is C17H19ClFN. The fraction of sp³-hybridized carbons (Fsp3) is 0.294. The molecule has 106 valence electrons. The van der Waals surface area contributed by atoms with Crippen molar-refractivity contribution in [2.45, 2.75) is 25.8 Å². The Morgan fingerprint density at radius 2 is 1.90 bits per heavy atom. The molecule has 0 heterocycles. The number of aryl methyl sites for hydroxylation is 1. The second-order valence-corrected chi connectivity index (χ2v) is 5.27. The summed E-state index contributed by atoms with van der Waals surface area (Å²) in [5, 5.41) is 3.72. The first kappa shape index (κ1) is 15.0. The average molecular weight is 292 g/mol. The maximum atomic E-state index is 13.9. The summed E-state index contributed by atoms with van der Waals surface area (Å²) in [6.45, 7) is 2.13. The molecule has 1 unspecified atom stereocenters. The molecule has 0 aliphatic heterocycles. The van der Waals surface area contributed by atoms with Gasteiger partial charge in [0.15, 0.2) is 0 Å². The lowest BCUT2D eigenvalue weighted by Gasteiger charge is -2.20. The average Bonchev–Trinajstić information content (AvgIpc) is 2.46. The Labute approximate surface area is 124 Å². The standard InChI is InChI=1S/C17H19ClFN/c1-3-12-6-4-5-7-15(12)17(20-2)10-13-8-9-14(18)11-16(13)19/h4-9,11,17,20H,3,10H2,1-2H3. The largest absolute Gasteiger partial charge is 0.313 e. The normalized spacial score (nSPS) is 12.4. The Balaban J connectivity index is 2.29. The van der Waals surface area contributed by atoms with Crippen LogP contribution < -0.4 is 5.32 Å². The molecule has 0 aliphatic carbocycles. The van der Waals surface area contributed by atoms with E-state index >= 15 is 0 Å². The molecule has 1 nitrogen and oxygen atoms in total. The van der Waals surface area contributed by atoms with Gasteiger partial charge in [0.25, 0.3) is 0 Å². The van der Waals surface area contributed by atoms with Crippen molar-refractivity contribution in [2.75, 3.05) is 7.05 Å². The minimum Gasteiger partial charge on any atom is -0.313 e. The van der Waals surface area contributed by atoms with Gasteiger partial charge in [-0.15, -0.1) is 0 Å². The van der Waals surface area contributed by atoms with E-state index in [-0.39, 0.29) is 11.9 Å². The van der Waals surface area contributed by atoms with Gasteiger partial charge < -0.3 is 5.32 Å². The Bertz CT molecular complexity index is 583. The van der Waals surface area contributed by atoms with Crippen LogP contribution in [0.15, 0.2) is 42.5 Å². The van der Waals surface area contributed by atoms with Crippen LogP contribution in [0.1, 0.15) is 29.7 Å². The highest BCUT2D eigenvalue weighted by molar-refractivity contribution is 6.30. The summed E-state index contributed by atoms with van der Waals surface area (Å²) < 4.78 is 13.9. The number of hydrogen-bond donors (Lipinski definition) is 1. The van der Waals surface area contributed by atoms with Crippen molar-refractivity contribution >= 4 is 11.6 Å². The predicted molar refractivity (Wildman–Crippen MR) is 82.7 cm³/mol. The van der Waals surface area contributed by atoms with Crippen LogP contribution in [-0.4, -0.2) is 7.05 Å². The summed E-state index contributed by atoms with van der Waals surface area (Å²) in [5.41, 5.74) is 3.20. The molecule has 2 rings (SSSR count). The van der Waals surface area contributed by atoms with E-state index in [4.69, 9.17) is 11.6 Å². The fourth-order valence-corrected chi connectivity index (χ4v) is 2.63. The summed E-state index contributed by atoms with van der Waals surface area (Å²) >= 11 is 5.80. The number of hydrogen-bond acceptors (Lipinski definition) is 1. The zero-order valence-corrected chi connectivity index (χ0v) is 12.5. The molecular weight excluding hydrogens is 273 g/mol. The van der Waals surface area contributed by atoms with E-state index in [0.29, 0.717) is 17.0 Å². The SMILES string of the molecule is CCc1ccccc1C(Cc1ccc(Cl)cc1F)NC. The molecule has 0 amide bonds. The Kier molecular flexibility index (Phi) is 5.16. The van der Waals surface area contributed by atoms with E-state index in [0.717, 1.165) is 6.42 Å². The monoisotopic (exact) mass is 291 g/mol. The zero-order chi connectivity index (χ0) is 14.5. The second-order valence-electron chi connectivity index (χ2n) is 4.83. The molecule has 0 spiro atoms. The van der Waals surface area contributed by atoms with E-state index in [1.165, 1.54) is 17.2 Å². The molecule has 20 heavy (non-hydrogen) atoms. The van der Waals surface area contributed by atoms with Gasteiger partial charge in [0.05, 0.1) is 0 Å². The lowest BCUT2D eigenvalue weighted by atomic mass is 9.93. The van der Waals surface area contributed by atoms with Crippen molar-refractivity contribution in [3.63, 3.8) is 0 Å². The molecule has 1 N–H and O–H groups in total. The number of rotatable bonds is 5. The molecule has 0 saturated heterocycles. The number of benzene rings is 2. The third kappa shape index (κ3) is 3.38. The summed E-state index contributed by atoms with van der Waals surface area (Å²) in [7, 11) is 1.91. The third-order valence-corrected chi connectivity index (χ3v) is 3.83. The van der Waals surface area contributed by atoms with Crippen molar-refractivity contribution < 1.29 is 4.39 Å². The first-order valence-electron chi connectivity index (χ1n) is 6.84. The molecule has 0 radical (unpaired) electrons. The summed E-state index contributed by atoms with van der Waals surface area (Å²) in [6, 6.07) is 13.3. The second kappa shape index (κ2) is 6.87. The van der Waals surface area contributed by atoms with E-state index in [2.05, 4.69) is 24.4 Å². The van der Waals surface area contributed by atoms with Crippen molar-refractivity contribution in [1.29, 1.82) is 0 Å². The Morgan fingerprint density at radius 1 is 1.15 bits per heavy atom. The number of nitrogens with one attached hydrogen (secondary N) is 1. The lowest BCUT2D eigenvalue weighted by molar-refractivity contribution is 0.551. The first-order chi connectivity index (χ1) is 9.65. The highest BCUT2D eigenvalue weighted by atomic mass is 35.5. The maximum Gasteiger partial charge on any atom is 0.127 e. The minimum absolute atomic E-state index is 0.0989. The molecule has 0 saturated carbocycles. The van der Waals surface area contributed by atoms with Crippen molar-refractivity contribution in [1.82, 2.24) is 5.32 Å². The van der Waals surface area contributed by atoms with Crippen LogP contribution in [0.4, 0.5) is 4.39 Å². The minimum atomic E-state index is -0.244. The van der Waals surface area contributed by atoms with Crippen LogP contribution in [0.3, 0.4) is 0 Å². The van der Waals surface area contributed by atoms with E-state index in [1.54, 1.807) is 12.1 Å². The zero-order valence-electron chi connectivity index (χ0n) is 11.8. The van der Waals surface area contributed by atoms with Gasteiger partial charge in [-0.3, -0.25) is 0 Å². The fourth-order valence-electron chi connectivity index (χ4n) is 2.47. The van der Waals surface area contributed by atoms with E-state index in [9.17, 15) is 4.39 Å². The molecule has 1 atom stereocenters. The first-order valence-corrected chi connectivity index (χ1v) is 7.22. The van der Waals surface area contributed by atoms with Crippen LogP contribution in [0.5, 0.6) is 0 Å². The highest BCUT2D eigenvalue weighted by Gasteiger charge is 2.15. The lowest BCUT2D eigenvalue weighted by Crippen LogP contribution is -2.20. The topological polar surface area (TPSA) is 12.0 Å². The number of likely N-dealkylation sites (N-methyl/N-ethyl adjacent to an activating group) is 1. The van der Waals surface area contributed by atoms with Gasteiger partial charge in [0, 0.05) is 11.1 Å².